The Kier molecular flexibility index (Phi) is 6.36. The molecule has 18 heavy (non-hydrogen) atoms. The van der Waals surface area contributed by atoms with Gasteiger partial charge in [-0.15, -0.1) is 0 Å². The van der Waals surface area contributed by atoms with Crippen LogP contribution in [-0.2, 0) is 9.47 Å². The Labute approximate surface area is 111 Å². The Morgan fingerprint density at radius 2 is 1.17 bits per heavy atom. The topological polar surface area (TPSA) is 38.7 Å². The summed E-state index contributed by atoms with van der Waals surface area (Å²) < 4.78 is 10.5. The summed E-state index contributed by atoms with van der Waals surface area (Å²) in [6.07, 6.45) is 0. The van der Waals surface area contributed by atoms with E-state index in [0.29, 0.717) is 5.75 Å². The van der Waals surface area contributed by atoms with Gasteiger partial charge in [0.1, 0.15) is 5.75 Å². The van der Waals surface area contributed by atoms with Crippen molar-refractivity contribution in [2.24, 2.45) is 0 Å². The summed E-state index contributed by atoms with van der Waals surface area (Å²) in [5.74, 6) is 0.329. The summed E-state index contributed by atoms with van der Waals surface area (Å²) in [7, 11) is 3.39. The molecule has 1 N–H and O–H groups in total. The van der Waals surface area contributed by atoms with Crippen molar-refractivity contribution in [3.05, 3.63) is 29.8 Å². The molecule has 0 aliphatic rings. The summed E-state index contributed by atoms with van der Waals surface area (Å²) in [4.78, 5) is 0. The van der Waals surface area contributed by atoms with Gasteiger partial charge in [0.15, 0.2) is 0 Å². The standard InChI is InChI=1S/C8H18O2.C7H8O/c1-7(2,9-5)8(3,4)10-6;1-6-2-4-7(8)5-3-6/h1-6H3;2-5,8H,1H3. The van der Waals surface area contributed by atoms with Gasteiger partial charge in [-0.05, 0) is 46.8 Å². The van der Waals surface area contributed by atoms with Crippen LogP contribution in [0, 0.1) is 6.92 Å². The quantitative estimate of drug-likeness (QED) is 0.896. The number of phenols is 1. The number of methoxy groups -OCH3 is 2. The van der Waals surface area contributed by atoms with Crippen molar-refractivity contribution in [2.75, 3.05) is 14.2 Å². The third kappa shape index (κ3) is 5.07. The summed E-state index contributed by atoms with van der Waals surface area (Å²) in [6, 6.07) is 7.09. The molecule has 0 saturated carbocycles. The average molecular weight is 254 g/mol. The molecule has 0 atom stereocenters. The Morgan fingerprint density at radius 1 is 0.833 bits per heavy atom. The van der Waals surface area contributed by atoms with Gasteiger partial charge in [0.25, 0.3) is 0 Å². The molecule has 0 aromatic heterocycles. The molecule has 3 heteroatoms. The molecule has 0 spiro atoms. The third-order valence-electron chi connectivity index (χ3n) is 3.50. The number of rotatable bonds is 3. The lowest BCUT2D eigenvalue weighted by atomic mass is 9.89. The smallest absolute Gasteiger partial charge is 0.115 e. The van der Waals surface area contributed by atoms with E-state index in [-0.39, 0.29) is 11.2 Å². The lowest BCUT2D eigenvalue weighted by molar-refractivity contribution is -0.147. The highest BCUT2D eigenvalue weighted by Crippen LogP contribution is 2.27. The number of phenolic OH excluding ortho intramolecular Hbond substituents is 1. The SMILES string of the molecule is COC(C)(C)C(C)(C)OC.Cc1ccc(O)cc1. The summed E-state index contributed by atoms with van der Waals surface area (Å²) in [5, 5.41) is 8.76. The largest absolute Gasteiger partial charge is 0.508 e. The van der Waals surface area contributed by atoms with E-state index in [0.717, 1.165) is 0 Å². The zero-order chi connectivity index (χ0) is 14.4. The van der Waals surface area contributed by atoms with E-state index in [1.807, 2.05) is 46.8 Å². The Bertz CT molecular complexity index is 304. The van der Waals surface area contributed by atoms with Gasteiger partial charge in [-0.3, -0.25) is 0 Å². The first kappa shape index (κ1) is 16.9. The van der Waals surface area contributed by atoms with Crippen molar-refractivity contribution in [1.29, 1.82) is 0 Å². The molecule has 1 aromatic rings. The first-order valence-electron chi connectivity index (χ1n) is 6.02. The number of ether oxygens (including phenoxy) is 2. The fourth-order valence-corrected chi connectivity index (χ4v) is 1.04. The molecule has 104 valence electrons. The van der Waals surface area contributed by atoms with Crippen LogP contribution < -0.4 is 0 Å². The fourth-order valence-electron chi connectivity index (χ4n) is 1.04. The van der Waals surface area contributed by atoms with Crippen LogP contribution in [-0.4, -0.2) is 30.5 Å². The van der Waals surface area contributed by atoms with Crippen LogP contribution in [0.25, 0.3) is 0 Å². The van der Waals surface area contributed by atoms with Crippen molar-refractivity contribution < 1.29 is 14.6 Å². The predicted molar refractivity (Wildman–Crippen MR) is 75.0 cm³/mol. The Morgan fingerprint density at radius 3 is 1.39 bits per heavy atom. The van der Waals surface area contributed by atoms with Crippen LogP contribution in [0.15, 0.2) is 24.3 Å². The van der Waals surface area contributed by atoms with Gasteiger partial charge in [0, 0.05) is 14.2 Å². The molecule has 0 heterocycles. The maximum absolute atomic E-state index is 8.76. The zero-order valence-electron chi connectivity index (χ0n) is 12.6. The second-order valence-corrected chi connectivity index (χ2v) is 5.26. The minimum absolute atomic E-state index is 0.234. The van der Waals surface area contributed by atoms with Gasteiger partial charge in [0.05, 0.1) is 11.2 Å². The minimum atomic E-state index is -0.234. The summed E-state index contributed by atoms with van der Waals surface area (Å²) >= 11 is 0. The molecule has 0 bridgehead atoms. The average Bonchev–Trinajstić information content (AvgIpc) is 2.33. The van der Waals surface area contributed by atoms with Gasteiger partial charge in [-0.25, -0.2) is 0 Å². The monoisotopic (exact) mass is 254 g/mol. The van der Waals surface area contributed by atoms with Crippen LogP contribution in [0.1, 0.15) is 33.3 Å². The molecule has 1 aromatic carbocycles. The Balaban J connectivity index is 0.000000327. The van der Waals surface area contributed by atoms with E-state index in [1.165, 1.54) is 5.56 Å². The molecule has 1 rings (SSSR count). The van der Waals surface area contributed by atoms with Crippen molar-refractivity contribution in [2.45, 2.75) is 45.8 Å². The molecule has 0 aliphatic carbocycles. The van der Waals surface area contributed by atoms with Gasteiger partial charge in [-0.2, -0.15) is 0 Å². The minimum Gasteiger partial charge on any atom is -0.508 e. The normalized spacial score (nSPS) is 11.7. The van der Waals surface area contributed by atoms with Gasteiger partial charge >= 0.3 is 0 Å². The van der Waals surface area contributed by atoms with Crippen LogP contribution in [0.4, 0.5) is 0 Å². The molecule has 0 fully saturated rings. The highest BCUT2D eigenvalue weighted by molar-refractivity contribution is 5.24. The van der Waals surface area contributed by atoms with Crippen molar-refractivity contribution in [3.8, 4) is 5.75 Å². The summed E-state index contributed by atoms with van der Waals surface area (Å²) in [6.45, 7) is 10.0. The fraction of sp³-hybridized carbons (Fsp3) is 0.600. The number of aromatic hydroxyl groups is 1. The molecule has 3 nitrogen and oxygen atoms in total. The molecule has 0 radical (unpaired) electrons. The lowest BCUT2D eigenvalue weighted by Gasteiger charge is -2.38. The van der Waals surface area contributed by atoms with Crippen molar-refractivity contribution >= 4 is 0 Å². The van der Waals surface area contributed by atoms with Crippen LogP contribution in [0.5, 0.6) is 5.75 Å². The number of hydrogen-bond acceptors (Lipinski definition) is 3. The zero-order valence-corrected chi connectivity index (χ0v) is 12.6. The van der Waals surface area contributed by atoms with Crippen molar-refractivity contribution in [1.82, 2.24) is 0 Å². The first-order valence-corrected chi connectivity index (χ1v) is 6.02. The Hall–Kier alpha value is -1.06. The molecule has 0 amide bonds. The maximum Gasteiger partial charge on any atom is 0.115 e. The third-order valence-corrected chi connectivity index (χ3v) is 3.50. The summed E-state index contributed by atoms with van der Waals surface area (Å²) in [5.41, 5.74) is 0.701. The van der Waals surface area contributed by atoms with Crippen molar-refractivity contribution in [3.63, 3.8) is 0 Å². The van der Waals surface area contributed by atoms with E-state index < -0.39 is 0 Å². The van der Waals surface area contributed by atoms with Crippen LogP contribution in [0.3, 0.4) is 0 Å². The second-order valence-electron chi connectivity index (χ2n) is 5.26. The van der Waals surface area contributed by atoms with Crippen LogP contribution in [0.2, 0.25) is 0 Å². The number of benzene rings is 1. The number of hydrogen-bond donors (Lipinski definition) is 1. The van der Waals surface area contributed by atoms with E-state index in [4.69, 9.17) is 14.6 Å². The molecular formula is C15H26O3. The molecule has 0 unspecified atom stereocenters. The highest BCUT2D eigenvalue weighted by Gasteiger charge is 2.36. The highest BCUT2D eigenvalue weighted by atomic mass is 16.5. The van der Waals surface area contributed by atoms with E-state index in [2.05, 4.69) is 0 Å². The first-order chi connectivity index (χ1) is 8.16. The molecular weight excluding hydrogens is 228 g/mol. The second kappa shape index (κ2) is 6.76. The number of aryl methyl sites for hydroxylation is 1. The maximum atomic E-state index is 8.76. The van der Waals surface area contributed by atoms with E-state index >= 15 is 0 Å². The van der Waals surface area contributed by atoms with E-state index in [9.17, 15) is 0 Å². The van der Waals surface area contributed by atoms with Crippen LogP contribution >= 0.6 is 0 Å². The van der Waals surface area contributed by atoms with E-state index in [1.54, 1.807) is 26.4 Å². The van der Waals surface area contributed by atoms with Gasteiger partial charge in [0.2, 0.25) is 0 Å². The predicted octanol–water partition coefficient (Wildman–Crippen LogP) is 3.54. The lowest BCUT2D eigenvalue weighted by Crippen LogP contribution is -2.48. The molecule has 0 saturated heterocycles. The van der Waals surface area contributed by atoms with Gasteiger partial charge < -0.3 is 14.6 Å². The van der Waals surface area contributed by atoms with Gasteiger partial charge in [-0.1, -0.05) is 17.7 Å². The molecule has 0 aliphatic heterocycles.